The van der Waals surface area contributed by atoms with Crippen molar-refractivity contribution in [3.63, 3.8) is 0 Å². The van der Waals surface area contributed by atoms with Crippen molar-refractivity contribution in [2.45, 2.75) is 88.7 Å². The van der Waals surface area contributed by atoms with E-state index in [2.05, 4.69) is 37.4 Å². The molecule has 39 heavy (non-hydrogen) atoms. The summed E-state index contributed by atoms with van der Waals surface area (Å²) in [5.41, 5.74) is 1.23. The van der Waals surface area contributed by atoms with Crippen LogP contribution in [-0.4, -0.2) is 79.8 Å². The van der Waals surface area contributed by atoms with Gasteiger partial charge in [-0.15, -0.1) is 0 Å². The lowest BCUT2D eigenvalue weighted by Gasteiger charge is -2.40. The average Bonchev–Trinajstić information content (AvgIpc) is 3.49. The van der Waals surface area contributed by atoms with Crippen LogP contribution in [0.2, 0.25) is 0 Å². The Bertz CT molecular complexity index is 1110. The quantitative estimate of drug-likeness (QED) is 0.476. The van der Waals surface area contributed by atoms with Crippen molar-refractivity contribution in [3.05, 3.63) is 30.2 Å². The largest absolute Gasteiger partial charge is 0.474 e. The third-order valence-electron chi connectivity index (χ3n) is 8.83. The second-order valence-corrected chi connectivity index (χ2v) is 11.8. The Hall–Kier alpha value is -2.85. The second-order valence-electron chi connectivity index (χ2n) is 11.8. The molecule has 1 aliphatic carbocycles. The molecule has 4 fully saturated rings. The van der Waals surface area contributed by atoms with Crippen LogP contribution in [0, 0.1) is 5.92 Å². The molecule has 4 aliphatic rings. The normalized spacial score (nSPS) is 27.9. The molecule has 3 aliphatic heterocycles. The van der Waals surface area contributed by atoms with Gasteiger partial charge in [-0.3, -0.25) is 4.79 Å². The summed E-state index contributed by atoms with van der Waals surface area (Å²) in [5, 5.41) is 7.79. The van der Waals surface area contributed by atoms with Gasteiger partial charge >= 0.3 is 5.97 Å². The SMILES string of the molecule is COC(=O)C(c1cc(N2CCC(O[C@H]3C[C@H](Oc4cc(N5C6CCC5CNC6)ccn4)C3)CC2)no1)C(C)C. The van der Waals surface area contributed by atoms with Gasteiger partial charge in [0.25, 0.3) is 0 Å². The first-order chi connectivity index (χ1) is 19.0. The number of carbonyl (C=O) groups excluding carboxylic acids is 1. The van der Waals surface area contributed by atoms with E-state index in [4.69, 9.17) is 18.7 Å². The summed E-state index contributed by atoms with van der Waals surface area (Å²) in [4.78, 5) is 21.5. The first-order valence-corrected chi connectivity index (χ1v) is 14.5. The second kappa shape index (κ2) is 11.3. The number of rotatable bonds is 9. The lowest BCUT2D eigenvalue weighted by atomic mass is 9.91. The standard InChI is InChI=1S/C29H41N5O5/c1-18(2)28(29(35)36-3)25-15-26(32-39-25)33-10-7-22(8-11-33)37-23-13-24(14-23)38-27-12-19(6-9-31-27)34-20-4-5-21(34)17-30-16-20/h6,9,12,15,18,20-24,28,30H,4-5,7-8,10-11,13-14,16-17H2,1-3H3/t20?,21?,23-,24-,28?. The fraction of sp³-hybridized carbons (Fsp3) is 0.690. The summed E-state index contributed by atoms with van der Waals surface area (Å²) in [6.45, 7) is 7.77. The van der Waals surface area contributed by atoms with Crippen molar-refractivity contribution in [1.82, 2.24) is 15.5 Å². The fourth-order valence-electron chi connectivity index (χ4n) is 6.63. The molecule has 6 rings (SSSR count). The molecule has 0 spiro atoms. The number of esters is 1. The van der Waals surface area contributed by atoms with Crippen molar-refractivity contribution in [2.24, 2.45) is 5.92 Å². The van der Waals surface area contributed by atoms with Crippen LogP contribution in [-0.2, 0) is 14.3 Å². The van der Waals surface area contributed by atoms with Crippen LogP contribution in [0.15, 0.2) is 28.9 Å². The zero-order valence-electron chi connectivity index (χ0n) is 23.3. The number of hydrogen-bond donors (Lipinski definition) is 1. The number of hydrogen-bond acceptors (Lipinski definition) is 10. The minimum atomic E-state index is -0.444. The number of piperidine rings is 1. The van der Waals surface area contributed by atoms with Gasteiger partial charge in [0.2, 0.25) is 5.88 Å². The average molecular weight is 540 g/mol. The molecule has 0 radical (unpaired) electrons. The van der Waals surface area contributed by atoms with Gasteiger partial charge < -0.3 is 33.9 Å². The minimum Gasteiger partial charge on any atom is -0.474 e. The summed E-state index contributed by atoms with van der Waals surface area (Å²) in [6.07, 6.45) is 8.71. The number of nitrogens with one attached hydrogen (secondary N) is 1. The summed E-state index contributed by atoms with van der Waals surface area (Å²) >= 11 is 0. The molecule has 1 N–H and O–H groups in total. The molecule has 2 aromatic heterocycles. The lowest BCUT2D eigenvalue weighted by molar-refractivity contribution is -0.144. The van der Waals surface area contributed by atoms with Gasteiger partial charge in [-0.1, -0.05) is 19.0 Å². The van der Waals surface area contributed by atoms with E-state index in [0.29, 0.717) is 17.8 Å². The van der Waals surface area contributed by atoms with Crippen LogP contribution in [0.4, 0.5) is 11.5 Å². The van der Waals surface area contributed by atoms with Crippen molar-refractivity contribution < 1.29 is 23.5 Å². The summed E-state index contributed by atoms with van der Waals surface area (Å²) in [5.74, 6) is 1.39. The molecule has 3 saturated heterocycles. The number of aromatic nitrogens is 2. The third kappa shape index (κ3) is 5.59. The van der Waals surface area contributed by atoms with Gasteiger partial charge in [-0.25, -0.2) is 4.98 Å². The maximum atomic E-state index is 12.2. The molecule has 1 saturated carbocycles. The van der Waals surface area contributed by atoms with E-state index in [1.807, 2.05) is 26.1 Å². The van der Waals surface area contributed by atoms with Gasteiger partial charge in [0.05, 0.1) is 19.3 Å². The van der Waals surface area contributed by atoms with Crippen molar-refractivity contribution in [3.8, 4) is 5.88 Å². The topological polar surface area (TPSA) is 102 Å². The molecule has 5 heterocycles. The highest BCUT2D eigenvalue weighted by Gasteiger charge is 2.38. The predicted octanol–water partition coefficient (Wildman–Crippen LogP) is 3.52. The van der Waals surface area contributed by atoms with E-state index in [-0.39, 0.29) is 30.2 Å². The number of ether oxygens (including phenoxy) is 3. The Kier molecular flexibility index (Phi) is 7.66. The molecule has 10 nitrogen and oxygen atoms in total. The Morgan fingerprint density at radius 1 is 1.05 bits per heavy atom. The van der Waals surface area contributed by atoms with Gasteiger partial charge in [-0.2, -0.15) is 0 Å². The van der Waals surface area contributed by atoms with E-state index < -0.39 is 5.92 Å². The van der Waals surface area contributed by atoms with Crippen LogP contribution in [0.3, 0.4) is 0 Å². The molecule has 0 aromatic carbocycles. The van der Waals surface area contributed by atoms with E-state index >= 15 is 0 Å². The zero-order chi connectivity index (χ0) is 26.9. The highest BCUT2D eigenvalue weighted by atomic mass is 16.5. The van der Waals surface area contributed by atoms with Gasteiger partial charge in [0.15, 0.2) is 11.6 Å². The van der Waals surface area contributed by atoms with E-state index in [1.165, 1.54) is 25.6 Å². The molecule has 212 valence electrons. The maximum absolute atomic E-state index is 12.2. The molecule has 3 unspecified atom stereocenters. The van der Waals surface area contributed by atoms with Crippen LogP contribution >= 0.6 is 0 Å². The monoisotopic (exact) mass is 539 g/mol. The van der Waals surface area contributed by atoms with E-state index in [1.54, 1.807) is 0 Å². The van der Waals surface area contributed by atoms with Crippen LogP contribution in [0.25, 0.3) is 0 Å². The summed E-state index contributed by atoms with van der Waals surface area (Å²) < 4.78 is 23.2. The number of piperazine rings is 1. The Morgan fingerprint density at radius 3 is 2.49 bits per heavy atom. The van der Waals surface area contributed by atoms with Crippen LogP contribution in [0.5, 0.6) is 5.88 Å². The van der Waals surface area contributed by atoms with Gasteiger partial charge in [-0.05, 0) is 37.7 Å². The number of fused-ring (bicyclic) bond motifs is 2. The van der Waals surface area contributed by atoms with Crippen molar-refractivity contribution in [2.75, 3.05) is 43.1 Å². The number of methoxy groups -OCH3 is 1. The zero-order valence-corrected chi connectivity index (χ0v) is 23.3. The fourth-order valence-corrected chi connectivity index (χ4v) is 6.63. The molecule has 2 bridgehead atoms. The molecule has 3 atom stereocenters. The molecular formula is C29H41N5O5. The van der Waals surface area contributed by atoms with Gasteiger partial charge in [0.1, 0.15) is 12.0 Å². The van der Waals surface area contributed by atoms with E-state index in [9.17, 15) is 4.79 Å². The smallest absolute Gasteiger partial charge is 0.316 e. The van der Waals surface area contributed by atoms with E-state index in [0.717, 1.165) is 63.6 Å². The number of pyridine rings is 1. The Morgan fingerprint density at radius 2 is 1.79 bits per heavy atom. The third-order valence-corrected chi connectivity index (χ3v) is 8.83. The molecule has 10 heteroatoms. The highest BCUT2D eigenvalue weighted by molar-refractivity contribution is 5.77. The highest BCUT2D eigenvalue weighted by Crippen LogP contribution is 2.36. The summed E-state index contributed by atoms with van der Waals surface area (Å²) in [7, 11) is 1.40. The molecule has 2 aromatic rings. The number of carbonyl (C=O) groups is 1. The van der Waals surface area contributed by atoms with Crippen LogP contribution in [0.1, 0.15) is 64.1 Å². The van der Waals surface area contributed by atoms with Crippen LogP contribution < -0.4 is 19.9 Å². The maximum Gasteiger partial charge on any atom is 0.316 e. The summed E-state index contributed by atoms with van der Waals surface area (Å²) in [6, 6.07) is 7.27. The Balaban J connectivity index is 0.947. The Labute approximate surface area is 230 Å². The van der Waals surface area contributed by atoms with Gasteiger partial charge in [0, 0.05) is 75.1 Å². The number of anilines is 2. The lowest BCUT2D eigenvalue weighted by Crippen LogP contribution is -2.52. The first-order valence-electron chi connectivity index (χ1n) is 14.5. The number of nitrogens with zero attached hydrogens (tertiary/aromatic N) is 4. The molecule has 0 amide bonds. The predicted molar refractivity (Wildman–Crippen MR) is 146 cm³/mol. The molecular weight excluding hydrogens is 498 g/mol. The minimum absolute atomic E-state index is 0.0645. The van der Waals surface area contributed by atoms with Crippen molar-refractivity contribution >= 4 is 17.5 Å². The van der Waals surface area contributed by atoms with Crippen molar-refractivity contribution in [1.29, 1.82) is 0 Å². The first kappa shape index (κ1) is 26.4.